The average molecular weight is 340 g/mol. The zero-order valence-electron chi connectivity index (χ0n) is 12.0. The van der Waals surface area contributed by atoms with E-state index < -0.39 is 0 Å². The molecule has 7 heteroatoms. The van der Waals surface area contributed by atoms with Gasteiger partial charge in [0, 0.05) is 34.6 Å². The second kappa shape index (κ2) is 6.10. The number of hydrogen-bond donors (Lipinski definition) is 0. The van der Waals surface area contributed by atoms with Crippen LogP contribution in [-0.2, 0) is 4.79 Å². The van der Waals surface area contributed by atoms with Gasteiger partial charge in [-0.1, -0.05) is 22.7 Å². The fraction of sp³-hybridized carbons (Fsp3) is 0.125. The molecule has 1 saturated heterocycles. The molecule has 4 rings (SSSR count). The van der Waals surface area contributed by atoms with E-state index in [2.05, 4.69) is 14.6 Å². The molecule has 1 unspecified atom stereocenters. The number of benzene rings is 1. The van der Waals surface area contributed by atoms with Crippen LogP contribution < -0.4 is 4.90 Å². The Balaban J connectivity index is 1.66. The van der Waals surface area contributed by atoms with Crippen molar-refractivity contribution in [1.82, 2.24) is 14.6 Å². The number of rotatable bonds is 3. The fourth-order valence-electron chi connectivity index (χ4n) is 2.55. The largest absolute Gasteiger partial charge is 0.295 e. The summed E-state index contributed by atoms with van der Waals surface area (Å²) in [6.07, 6.45) is 3.56. The van der Waals surface area contributed by atoms with Gasteiger partial charge in [0.2, 0.25) is 5.91 Å². The standard InChI is InChI=1S/C16H12N4OS2/c21-15-10-22-16(12-2-1-7-17-8-12)20(15)13-5-3-11(4-6-13)14-9-23-19-18-14/h1-9,16H,10H2. The van der Waals surface area contributed by atoms with E-state index in [9.17, 15) is 4.79 Å². The molecule has 1 amide bonds. The van der Waals surface area contributed by atoms with Crippen molar-refractivity contribution in [3.8, 4) is 11.3 Å². The molecule has 5 nitrogen and oxygen atoms in total. The third-order valence-corrected chi connectivity index (χ3v) is 5.36. The van der Waals surface area contributed by atoms with Crippen LogP contribution in [0.3, 0.4) is 0 Å². The van der Waals surface area contributed by atoms with Gasteiger partial charge in [0.1, 0.15) is 11.1 Å². The van der Waals surface area contributed by atoms with Crippen LogP contribution >= 0.6 is 23.3 Å². The maximum Gasteiger partial charge on any atom is 0.238 e. The highest BCUT2D eigenvalue weighted by atomic mass is 32.2. The Morgan fingerprint density at radius 3 is 2.74 bits per heavy atom. The van der Waals surface area contributed by atoms with E-state index in [0.29, 0.717) is 5.75 Å². The summed E-state index contributed by atoms with van der Waals surface area (Å²) in [5.41, 5.74) is 3.78. The first-order chi connectivity index (χ1) is 11.3. The first-order valence-electron chi connectivity index (χ1n) is 7.04. The lowest BCUT2D eigenvalue weighted by Crippen LogP contribution is -2.27. The molecule has 3 heterocycles. The molecule has 0 radical (unpaired) electrons. The van der Waals surface area contributed by atoms with E-state index in [1.165, 1.54) is 11.5 Å². The predicted octanol–water partition coefficient (Wildman–Crippen LogP) is 3.38. The van der Waals surface area contributed by atoms with Crippen molar-refractivity contribution in [2.24, 2.45) is 0 Å². The Morgan fingerprint density at radius 2 is 2.04 bits per heavy atom. The van der Waals surface area contributed by atoms with Crippen molar-refractivity contribution in [2.45, 2.75) is 5.37 Å². The highest BCUT2D eigenvalue weighted by Gasteiger charge is 2.34. The number of carbonyl (C=O) groups is 1. The van der Waals surface area contributed by atoms with Crippen LogP contribution in [0.1, 0.15) is 10.9 Å². The molecule has 1 aromatic carbocycles. The summed E-state index contributed by atoms with van der Waals surface area (Å²) >= 11 is 2.95. The third kappa shape index (κ3) is 2.73. The van der Waals surface area contributed by atoms with Gasteiger partial charge in [-0.3, -0.25) is 14.7 Å². The Hall–Kier alpha value is -2.25. The number of anilines is 1. The van der Waals surface area contributed by atoms with Crippen molar-refractivity contribution >= 4 is 34.9 Å². The monoisotopic (exact) mass is 340 g/mol. The zero-order chi connectivity index (χ0) is 15.6. The third-order valence-electron chi connectivity index (χ3n) is 3.64. The Bertz CT molecular complexity index is 806. The topological polar surface area (TPSA) is 59.0 Å². The second-order valence-electron chi connectivity index (χ2n) is 5.05. The van der Waals surface area contributed by atoms with Gasteiger partial charge < -0.3 is 0 Å². The fourth-order valence-corrected chi connectivity index (χ4v) is 4.18. The van der Waals surface area contributed by atoms with Crippen LogP contribution in [-0.4, -0.2) is 26.2 Å². The van der Waals surface area contributed by atoms with Gasteiger partial charge in [-0.05, 0) is 29.7 Å². The van der Waals surface area contributed by atoms with Crippen LogP contribution in [0.5, 0.6) is 0 Å². The summed E-state index contributed by atoms with van der Waals surface area (Å²) in [4.78, 5) is 18.3. The summed E-state index contributed by atoms with van der Waals surface area (Å²) < 4.78 is 3.88. The zero-order valence-corrected chi connectivity index (χ0v) is 13.6. The minimum atomic E-state index is -0.0250. The molecule has 3 aromatic rings. The van der Waals surface area contributed by atoms with Crippen LogP contribution in [0.15, 0.2) is 54.2 Å². The second-order valence-corrected chi connectivity index (χ2v) is 6.73. The van der Waals surface area contributed by atoms with Crippen molar-refractivity contribution in [3.05, 3.63) is 59.7 Å². The molecule has 0 N–H and O–H groups in total. The Morgan fingerprint density at radius 1 is 1.17 bits per heavy atom. The quantitative estimate of drug-likeness (QED) is 0.731. The summed E-state index contributed by atoms with van der Waals surface area (Å²) in [7, 11) is 0. The number of amides is 1. The summed E-state index contributed by atoms with van der Waals surface area (Å²) in [5, 5.41) is 5.95. The molecular formula is C16H12N4OS2. The maximum absolute atomic E-state index is 12.3. The van der Waals surface area contributed by atoms with Crippen molar-refractivity contribution in [3.63, 3.8) is 0 Å². The smallest absolute Gasteiger partial charge is 0.238 e. The number of aromatic nitrogens is 3. The summed E-state index contributed by atoms with van der Waals surface area (Å²) in [6.45, 7) is 0. The molecule has 2 aromatic heterocycles. The first kappa shape index (κ1) is 14.3. The lowest BCUT2D eigenvalue weighted by Gasteiger charge is -2.24. The number of nitrogens with zero attached hydrogens (tertiary/aromatic N) is 4. The predicted molar refractivity (Wildman–Crippen MR) is 92.3 cm³/mol. The number of thioether (sulfide) groups is 1. The highest BCUT2D eigenvalue weighted by Crippen LogP contribution is 2.41. The summed E-state index contributed by atoms with van der Waals surface area (Å²) in [6, 6.07) is 11.8. The molecule has 0 saturated carbocycles. The Kier molecular flexibility index (Phi) is 3.80. The molecule has 1 atom stereocenters. The molecule has 0 spiro atoms. The van der Waals surface area contributed by atoms with E-state index in [0.717, 1.165) is 22.5 Å². The van der Waals surface area contributed by atoms with E-state index >= 15 is 0 Å². The Labute approximate surface area is 141 Å². The molecule has 1 aliphatic rings. The first-order valence-corrected chi connectivity index (χ1v) is 8.92. The number of carbonyl (C=O) groups excluding carboxylic acids is 1. The molecular weight excluding hydrogens is 328 g/mol. The van der Waals surface area contributed by atoms with Crippen molar-refractivity contribution in [1.29, 1.82) is 0 Å². The summed E-state index contributed by atoms with van der Waals surface area (Å²) in [5.74, 6) is 0.601. The normalized spacial score (nSPS) is 17.7. The number of pyridine rings is 1. The molecule has 114 valence electrons. The minimum absolute atomic E-state index is 0.0250. The van der Waals surface area contributed by atoms with E-state index in [4.69, 9.17) is 0 Å². The van der Waals surface area contributed by atoms with Crippen molar-refractivity contribution < 1.29 is 4.79 Å². The number of hydrogen-bond acceptors (Lipinski definition) is 6. The lowest BCUT2D eigenvalue weighted by molar-refractivity contribution is -0.115. The van der Waals surface area contributed by atoms with Gasteiger partial charge in [-0.15, -0.1) is 16.9 Å². The van der Waals surface area contributed by atoms with Crippen LogP contribution in [0.4, 0.5) is 5.69 Å². The van der Waals surface area contributed by atoms with Gasteiger partial charge in [-0.25, -0.2) is 0 Å². The minimum Gasteiger partial charge on any atom is -0.295 e. The lowest BCUT2D eigenvalue weighted by atomic mass is 10.1. The van der Waals surface area contributed by atoms with Crippen LogP contribution in [0, 0.1) is 0 Å². The van der Waals surface area contributed by atoms with Crippen LogP contribution in [0.25, 0.3) is 11.3 Å². The van der Waals surface area contributed by atoms with Gasteiger partial charge in [0.25, 0.3) is 0 Å². The van der Waals surface area contributed by atoms with E-state index in [-0.39, 0.29) is 11.3 Å². The average Bonchev–Trinajstić information content (AvgIpc) is 3.26. The van der Waals surface area contributed by atoms with E-state index in [1.807, 2.05) is 52.9 Å². The van der Waals surface area contributed by atoms with Gasteiger partial charge in [0.05, 0.1) is 5.75 Å². The molecule has 0 aliphatic carbocycles. The van der Waals surface area contributed by atoms with Gasteiger partial charge in [-0.2, -0.15) is 0 Å². The van der Waals surface area contributed by atoms with Crippen LogP contribution in [0.2, 0.25) is 0 Å². The molecule has 1 aliphatic heterocycles. The highest BCUT2D eigenvalue weighted by molar-refractivity contribution is 8.00. The van der Waals surface area contributed by atoms with E-state index in [1.54, 1.807) is 18.0 Å². The maximum atomic E-state index is 12.3. The van der Waals surface area contributed by atoms with Gasteiger partial charge >= 0.3 is 0 Å². The molecule has 23 heavy (non-hydrogen) atoms. The van der Waals surface area contributed by atoms with Gasteiger partial charge in [0.15, 0.2) is 0 Å². The molecule has 1 fully saturated rings. The SMILES string of the molecule is O=C1CSC(c2cccnc2)N1c1ccc(-c2csnn2)cc1. The molecule has 0 bridgehead atoms. The van der Waals surface area contributed by atoms with Crippen molar-refractivity contribution in [2.75, 3.05) is 10.7 Å².